The fourth-order valence-electron chi connectivity index (χ4n) is 2.12. The van der Waals surface area contributed by atoms with Gasteiger partial charge >= 0.3 is 0 Å². The molecule has 0 saturated carbocycles. The highest BCUT2D eigenvalue weighted by Gasteiger charge is 2.30. The topological polar surface area (TPSA) is 64.3 Å². The van der Waals surface area contributed by atoms with Crippen molar-refractivity contribution in [2.24, 2.45) is 11.7 Å². The molecule has 1 aliphatic heterocycles. The molecular formula is C13H18N2O2. The lowest BCUT2D eigenvalue weighted by Gasteiger charge is -2.15. The number of benzene rings is 1. The molecule has 92 valence electrons. The fraction of sp³-hybridized carbons (Fsp3) is 0.462. The number of carbonyl (C=O) groups excluding carboxylic acids is 1. The molecule has 3 N–H and O–H groups in total. The van der Waals surface area contributed by atoms with Crippen molar-refractivity contribution in [3.8, 4) is 0 Å². The highest BCUT2D eigenvalue weighted by atomic mass is 16.5. The summed E-state index contributed by atoms with van der Waals surface area (Å²) in [5.41, 5.74) is 7.39. The molecule has 2 unspecified atom stereocenters. The van der Waals surface area contributed by atoms with Crippen LogP contribution in [0.5, 0.6) is 0 Å². The zero-order chi connectivity index (χ0) is 12.3. The maximum Gasteiger partial charge on any atom is 0.230 e. The lowest BCUT2D eigenvalue weighted by Crippen LogP contribution is -2.28. The Hall–Kier alpha value is -1.39. The van der Waals surface area contributed by atoms with E-state index in [1.807, 2.05) is 31.2 Å². The first-order chi connectivity index (χ1) is 8.22. The molecule has 0 bridgehead atoms. The summed E-state index contributed by atoms with van der Waals surface area (Å²) >= 11 is 0. The molecule has 1 aromatic rings. The minimum absolute atomic E-state index is 0.0000359. The van der Waals surface area contributed by atoms with Crippen LogP contribution in [0.4, 0.5) is 5.69 Å². The zero-order valence-electron chi connectivity index (χ0n) is 9.98. The molecule has 0 spiro atoms. The van der Waals surface area contributed by atoms with Crippen LogP contribution in [0.2, 0.25) is 0 Å². The molecule has 2 atom stereocenters. The van der Waals surface area contributed by atoms with Crippen LogP contribution in [0.3, 0.4) is 0 Å². The number of nitrogens with two attached hydrogens (primary N) is 1. The van der Waals surface area contributed by atoms with Crippen molar-refractivity contribution in [1.29, 1.82) is 0 Å². The van der Waals surface area contributed by atoms with Gasteiger partial charge < -0.3 is 15.8 Å². The average Bonchev–Trinajstić information content (AvgIpc) is 2.76. The van der Waals surface area contributed by atoms with Gasteiger partial charge in [-0.2, -0.15) is 0 Å². The molecule has 17 heavy (non-hydrogen) atoms. The summed E-state index contributed by atoms with van der Waals surface area (Å²) in [6.45, 7) is 3.02. The van der Waals surface area contributed by atoms with E-state index in [1.165, 1.54) is 0 Å². The van der Waals surface area contributed by atoms with Gasteiger partial charge in [0.2, 0.25) is 5.91 Å². The number of carbonyl (C=O) groups is 1. The fourth-order valence-corrected chi connectivity index (χ4v) is 2.12. The molecule has 1 saturated heterocycles. The smallest absolute Gasteiger partial charge is 0.230 e. The summed E-state index contributed by atoms with van der Waals surface area (Å²) in [4.78, 5) is 12.1. The van der Waals surface area contributed by atoms with Crippen LogP contribution in [0.15, 0.2) is 24.3 Å². The van der Waals surface area contributed by atoms with Crippen LogP contribution in [0, 0.1) is 5.92 Å². The van der Waals surface area contributed by atoms with E-state index in [4.69, 9.17) is 10.5 Å². The van der Waals surface area contributed by atoms with Gasteiger partial charge in [-0.3, -0.25) is 4.79 Å². The number of rotatable bonds is 3. The van der Waals surface area contributed by atoms with Gasteiger partial charge in [0.1, 0.15) is 0 Å². The van der Waals surface area contributed by atoms with Gasteiger partial charge in [-0.1, -0.05) is 18.2 Å². The van der Waals surface area contributed by atoms with Crippen LogP contribution in [0.25, 0.3) is 0 Å². The molecule has 1 amide bonds. The van der Waals surface area contributed by atoms with E-state index in [0.29, 0.717) is 13.2 Å². The largest absolute Gasteiger partial charge is 0.378 e. The van der Waals surface area contributed by atoms with Gasteiger partial charge in [0.15, 0.2) is 0 Å². The van der Waals surface area contributed by atoms with Gasteiger partial charge in [-0.25, -0.2) is 0 Å². The van der Waals surface area contributed by atoms with E-state index in [9.17, 15) is 4.79 Å². The molecule has 0 aromatic heterocycles. The molecule has 1 aliphatic rings. The van der Waals surface area contributed by atoms with Gasteiger partial charge in [0.25, 0.3) is 0 Å². The summed E-state index contributed by atoms with van der Waals surface area (Å²) in [7, 11) is 0. The molecule has 2 rings (SSSR count). The van der Waals surface area contributed by atoms with Crippen molar-refractivity contribution in [2.45, 2.75) is 26.0 Å². The van der Waals surface area contributed by atoms with E-state index in [-0.39, 0.29) is 17.9 Å². The summed E-state index contributed by atoms with van der Waals surface area (Å²) in [5, 5.41) is 2.93. The first-order valence-corrected chi connectivity index (χ1v) is 5.93. The third-order valence-electron chi connectivity index (χ3n) is 3.21. The van der Waals surface area contributed by atoms with Crippen molar-refractivity contribution in [3.05, 3.63) is 29.8 Å². The van der Waals surface area contributed by atoms with Crippen molar-refractivity contribution in [1.82, 2.24) is 0 Å². The van der Waals surface area contributed by atoms with Gasteiger partial charge in [0.05, 0.1) is 12.0 Å². The molecule has 4 nitrogen and oxygen atoms in total. The molecule has 4 heteroatoms. The quantitative estimate of drug-likeness (QED) is 0.833. The normalized spacial score (nSPS) is 23.6. The Kier molecular flexibility index (Phi) is 3.76. The second kappa shape index (κ2) is 5.29. The molecule has 0 aliphatic carbocycles. The lowest BCUT2D eigenvalue weighted by atomic mass is 10.0. The Morgan fingerprint density at radius 1 is 1.53 bits per heavy atom. The van der Waals surface area contributed by atoms with Crippen molar-refractivity contribution in [2.75, 3.05) is 11.9 Å². The summed E-state index contributed by atoms with van der Waals surface area (Å²) in [6, 6.07) is 7.60. The van der Waals surface area contributed by atoms with Crippen LogP contribution < -0.4 is 11.1 Å². The number of para-hydroxylation sites is 1. The maximum absolute atomic E-state index is 12.1. The first kappa shape index (κ1) is 12.1. The Morgan fingerprint density at radius 2 is 2.29 bits per heavy atom. The highest BCUT2D eigenvalue weighted by Crippen LogP contribution is 2.23. The van der Waals surface area contributed by atoms with Crippen LogP contribution in [-0.4, -0.2) is 18.6 Å². The molecule has 1 fully saturated rings. The third-order valence-corrected chi connectivity index (χ3v) is 3.21. The Labute approximate surface area is 101 Å². The maximum atomic E-state index is 12.1. The summed E-state index contributed by atoms with van der Waals surface area (Å²) < 4.78 is 5.40. The van der Waals surface area contributed by atoms with Crippen LogP contribution >= 0.6 is 0 Å². The van der Waals surface area contributed by atoms with Crippen LogP contribution in [-0.2, 0) is 16.1 Å². The molecule has 1 aromatic carbocycles. The van der Waals surface area contributed by atoms with E-state index in [2.05, 4.69) is 5.32 Å². The van der Waals surface area contributed by atoms with E-state index >= 15 is 0 Å². The monoisotopic (exact) mass is 234 g/mol. The SMILES string of the molecule is CC1OCCC1C(=O)Nc1ccccc1CN. The number of nitrogens with one attached hydrogen (secondary N) is 1. The Balaban J connectivity index is 2.07. The molecule has 1 heterocycles. The van der Waals surface area contributed by atoms with Crippen molar-refractivity contribution >= 4 is 11.6 Å². The zero-order valence-corrected chi connectivity index (χ0v) is 9.98. The van der Waals surface area contributed by atoms with Gasteiger partial charge in [-0.15, -0.1) is 0 Å². The van der Waals surface area contributed by atoms with Crippen molar-refractivity contribution < 1.29 is 9.53 Å². The standard InChI is InChI=1S/C13H18N2O2/c1-9-11(6-7-17-9)13(16)15-12-5-3-2-4-10(12)8-14/h2-5,9,11H,6-8,14H2,1H3,(H,15,16). The Morgan fingerprint density at radius 3 is 2.94 bits per heavy atom. The van der Waals surface area contributed by atoms with Crippen molar-refractivity contribution in [3.63, 3.8) is 0 Å². The molecular weight excluding hydrogens is 216 g/mol. The number of hydrogen-bond donors (Lipinski definition) is 2. The minimum Gasteiger partial charge on any atom is -0.378 e. The van der Waals surface area contributed by atoms with E-state index < -0.39 is 0 Å². The van der Waals surface area contributed by atoms with E-state index in [1.54, 1.807) is 0 Å². The third kappa shape index (κ3) is 2.65. The van der Waals surface area contributed by atoms with E-state index in [0.717, 1.165) is 17.7 Å². The van der Waals surface area contributed by atoms with Gasteiger partial charge in [0, 0.05) is 18.8 Å². The highest BCUT2D eigenvalue weighted by molar-refractivity contribution is 5.93. The minimum atomic E-state index is -0.0548. The average molecular weight is 234 g/mol. The summed E-state index contributed by atoms with van der Waals surface area (Å²) in [6.07, 6.45) is 0.790. The number of amides is 1. The Bertz CT molecular complexity index is 406. The first-order valence-electron chi connectivity index (χ1n) is 5.93. The number of hydrogen-bond acceptors (Lipinski definition) is 3. The number of ether oxygens (including phenoxy) is 1. The second-order valence-electron chi connectivity index (χ2n) is 4.32. The van der Waals surface area contributed by atoms with Crippen LogP contribution in [0.1, 0.15) is 18.9 Å². The van der Waals surface area contributed by atoms with Gasteiger partial charge in [-0.05, 0) is 25.0 Å². The summed E-state index contributed by atoms with van der Waals surface area (Å²) in [5.74, 6) is -0.0308. The number of anilines is 1. The predicted molar refractivity (Wildman–Crippen MR) is 66.5 cm³/mol. The molecule has 0 radical (unpaired) electrons. The second-order valence-corrected chi connectivity index (χ2v) is 4.32. The lowest BCUT2D eigenvalue weighted by molar-refractivity contribution is -0.121. The predicted octanol–water partition coefficient (Wildman–Crippen LogP) is 1.51.